The Morgan fingerprint density at radius 1 is 1.25 bits per heavy atom. The van der Waals surface area contributed by atoms with Gasteiger partial charge in [-0.3, -0.25) is 4.79 Å². The monoisotopic (exact) mass is 314 g/mol. The molecule has 0 aliphatic carbocycles. The van der Waals surface area contributed by atoms with Crippen molar-refractivity contribution >= 4 is 33.0 Å². The van der Waals surface area contributed by atoms with Gasteiger partial charge in [-0.05, 0) is 43.5 Å². The average Bonchev–Trinajstić information content (AvgIpc) is 2.37. The first-order valence-corrected chi connectivity index (χ1v) is 8.47. The summed E-state index contributed by atoms with van der Waals surface area (Å²) in [5.74, 6) is -0.222. The van der Waals surface area contributed by atoms with Crippen LogP contribution in [0.3, 0.4) is 0 Å². The number of rotatable bonds is 7. The molecule has 0 unspecified atom stereocenters. The topological polar surface area (TPSA) is 89.3 Å². The van der Waals surface area contributed by atoms with Crippen LogP contribution in [0.25, 0.3) is 0 Å². The minimum absolute atomic E-state index is 0.200. The molecule has 1 amide bonds. The standard InChI is InChI=1S/C13H18N2O3S2/c1-20(17,18)11-7-5-10(6-8-11)13(16)15-9-3-2-4-12(14)19/h5-8H,2-4,9H2,1H3,(H2,14,19)(H,15,16). The van der Waals surface area contributed by atoms with E-state index in [0.29, 0.717) is 23.5 Å². The number of carbonyl (C=O) groups is 1. The predicted octanol–water partition coefficient (Wildman–Crippen LogP) is 1.28. The van der Waals surface area contributed by atoms with Crippen molar-refractivity contribution in [3.63, 3.8) is 0 Å². The molecular formula is C13H18N2O3S2. The van der Waals surface area contributed by atoms with Gasteiger partial charge in [-0.2, -0.15) is 0 Å². The zero-order valence-electron chi connectivity index (χ0n) is 11.3. The highest BCUT2D eigenvalue weighted by atomic mass is 32.2. The van der Waals surface area contributed by atoms with Crippen LogP contribution in [-0.4, -0.2) is 32.1 Å². The van der Waals surface area contributed by atoms with Crippen LogP contribution in [0.15, 0.2) is 29.2 Å². The molecule has 0 aliphatic rings. The molecule has 1 aromatic carbocycles. The molecule has 0 heterocycles. The van der Waals surface area contributed by atoms with Gasteiger partial charge < -0.3 is 11.1 Å². The molecule has 7 heteroatoms. The number of carbonyl (C=O) groups excluding carboxylic acids is 1. The Morgan fingerprint density at radius 3 is 2.35 bits per heavy atom. The molecule has 0 atom stereocenters. The first-order valence-electron chi connectivity index (χ1n) is 6.17. The maximum absolute atomic E-state index is 11.8. The summed E-state index contributed by atoms with van der Waals surface area (Å²) < 4.78 is 22.6. The van der Waals surface area contributed by atoms with Crippen molar-refractivity contribution in [1.29, 1.82) is 0 Å². The molecule has 0 radical (unpaired) electrons. The Balaban J connectivity index is 2.46. The first kappa shape index (κ1) is 16.6. The van der Waals surface area contributed by atoms with Crippen molar-refractivity contribution in [2.45, 2.75) is 24.2 Å². The van der Waals surface area contributed by atoms with E-state index in [4.69, 9.17) is 18.0 Å². The average molecular weight is 314 g/mol. The maximum Gasteiger partial charge on any atom is 0.251 e. The van der Waals surface area contributed by atoms with Crippen molar-refractivity contribution in [3.8, 4) is 0 Å². The molecular weight excluding hydrogens is 296 g/mol. The number of sulfone groups is 1. The zero-order valence-corrected chi connectivity index (χ0v) is 12.9. The molecule has 0 saturated heterocycles. The normalized spacial score (nSPS) is 11.1. The molecule has 0 spiro atoms. The number of hydrogen-bond acceptors (Lipinski definition) is 4. The maximum atomic E-state index is 11.8. The number of unbranched alkanes of at least 4 members (excludes halogenated alkanes) is 1. The molecule has 1 rings (SSSR count). The van der Waals surface area contributed by atoms with Crippen LogP contribution in [0.1, 0.15) is 29.6 Å². The highest BCUT2D eigenvalue weighted by Gasteiger charge is 2.09. The van der Waals surface area contributed by atoms with E-state index in [9.17, 15) is 13.2 Å². The third kappa shape index (κ3) is 5.66. The van der Waals surface area contributed by atoms with E-state index in [-0.39, 0.29) is 10.8 Å². The zero-order chi connectivity index (χ0) is 15.2. The Kier molecular flexibility index (Phi) is 6.09. The molecule has 0 fully saturated rings. The summed E-state index contributed by atoms with van der Waals surface area (Å²) in [5, 5.41) is 2.76. The van der Waals surface area contributed by atoms with Crippen LogP contribution < -0.4 is 11.1 Å². The van der Waals surface area contributed by atoms with Crippen LogP contribution in [0, 0.1) is 0 Å². The fourth-order valence-corrected chi connectivity index (χ4v) is 2.36. The summed E-state index contributed by atoms with van der Waals surface area (Å²) in [6, 6.07) is 5.86. The Hall–Kier alpha value is -1.47. The van der Waals surface area contributed by atoms with Gasteiger partial charge in [-0.15, -0.1) is 0 Å². The largest absolute Gasteiger partial charge is 0.393 e. The van der Waals surface area contributed by atoms with Gasteiger partial charge >= 0.3 is 0 Å². The summed E-state index contributed by atoms with van der Waals surface area (Å²) in [7, 11) is -3.23. The molecule has 0 saturated carbocycles. The lowest BCUT2D eigenvalue weighted by molar-refractivity contribution is 0.0953. The summed E-state index contributed by atoms with van der Waals surface area (Å²) in [5.41, 5.74) is 5.81. The van der Waals surface area contributed by atoms with Crippen LogP contribution in [0.4, 0.5) is 0 Å². The highest BCUT2D eigenvalue weighted by molar-refractivity contribution is 7.90. The highest BCUT2D eigenvalue weighted by Crippen LogP contribution is 2.10. The second-order valence-electron chi connectivity index (χ2n) is 4.48. The van der Waals surface area contributed by atoms with Gasteiger partial charge in [0.25, 0.3) is 5.91 Å². The van der Waals surface area contributed by atoms with Gasteiger partial charge in [-0.25, -0.2) is 8.42 Å². The number of thiocarbonyl (C=S) groups is 1. The van der Waals surface area contributed by atoms with Crippen LogP contribution in [0.2, 0.25) is 0 Å². The smallest absolute Gasteiger partial charge is 0.251 e. The molecule has 3 N–H and O–H groups in total. The van der Waals surface area contributed by atoms with Crippen LogP contribution >= 0.6 is 12.2 Å². The summed E-state index contributed by atoms with van der Waals surface area (Å²) in [4.78, 5) is 12.5. The molecule has 0 aromatic heterocycles. The molecule has 110 valence electrons. The minimum Gasteiger partial charge on any atom is -0.393 e. The van der Waals surface area contributed by atoms with Gasteiger partial charge in [0.05, 0.1) is 9.88 Å². The van der Waals surface area contributed by atoms with Gasteiger partial charge in [0.2, 0.25) is 0 Å². The molecule has 5 nitrogen and oxygen atoms in total. The first-order chi connectivity index (χ1) is 9.30. The van der Waals surface area contributed by atoms with Crippen molar-refractivity contribution in [1.82, 2.24) is 5.32 Å². The molecule has 20 heavy (non-hydrogen) atoms. The fraction of sp³-hybridized carbons (Fsp3) is 0.385. The predicted molar refractivity (Wildman–Crippen MR) is 82.5 cm³/mol. The van der Waals surface area contributed by atoms with Crippen molar-refractivity contribution in [3.05, 3.63) is 29.8 Å². The number of nitrogens with two attached hydrogens (primary N) is 1. The van der Waals surface area contributed by atoms with E-state index in [1.165, 1.54) is 24.3 Å². The third-order valence-electron chi connectivity index (χ3n) is 2.68. The van der Waals surface area contributed by atoms with E-state index in [1.54, 1.807) is 0 Å². The second kappa shape index (κ2) is 7.35. The van der Waals surface area contributed by atoms with Crippen LogP contribution in [-0.2, 0) is 9.84 Å². The Bertz CT molecular complexity index is 580. The van der Waals surface area contributed by atoms with Gasteiger partial charge in [0.15, 0.2) is 9.84 Å². The SMILES string of the molecule is CS(=O)(=O)c1ccc(C(=O)NCCCCC(N)=S)cc1. The fourth-order valence-electron chi connectivity index (χ4n) is 1.58. The summed E-state index contributed by atoms with van der Waals surface area (Å²) in [6.45, 7) is 0.537. The van der Waals surface area contributed by atoms with E-state index >= 15 is 0 Å². The summed E-state index contributed by atoms with van der Waals surface area (Å²) >= 11 is 4.76. The molecule has 1 aromatic rings. The van der Waals surface area contributed by atoms with E-state index < -0.39 is 9.84 Å². The number of benzene rings is 1. The third-order valence-corrected chi connectivity index (χ3v) is 4.01. The van der Waals surface area contributed by atoms with Crippen molar-refractivity contribution in [2.75, 3.05) is 12.8 Å². The quantitative estimate of drug-likeness (QED) is 0.584. The van der Waals surface area contributed by atoms with Gasteiger partial charge in [-0.1, -0.05) is 12.2 Å². The van der Waals surface area contributed by atoms with E-state index in [2.05, 4.69) is 5.32 Å². The lowest BCUT2D eigenvalue weighted by atomic mass is 10.2. The molecule has 0 bridgehead atoms. The summed E-state index contributed by atoms with van der Waals surface area (Å²) in [6.07, 6.45) is 3.44. The Morgan fingerprint density at radius 2 is 1.85 bits per heavy atom. The van der Waals surface area contributed by atoms with Crippen molar-refractivity contribution in [2.24, 2.45) is 5.73 Å². The Labute approximate surface area is 124 Å². The van der Waals surface area contributed by atoms with Gasteiger partial charge in [0.1, 0.15) is 0 Å². The number of nitrogens with one attached hydrogen (secondary N) is 1. The minimum atomic E-state index is -3.23. The van der Waals surface area contributed by atoms with Gasteiger partial charge in [0, 0.05) is 18.4 Å². The molecule has 0 aliphatic heterocycles. The van der Waals surface area contributed by atoms with E-state index in [0.717, 1.165) is 19.1 Å². The second-order valence-corrected chi connectivity index (χ2v) is 7.02. The number of hydrogen-bond donors (Lipinski definition) is 2. The van der Waals surface area contributed by atoms with E-state index in [1.807, 2.05) is 0 Å². The lowest BCUT2D eigenvalue weighted by Gasteiger charge is -2.05. The van der Waals surface area contributed by atoms with Crippen LogP contribution in [0.5, 0.6) is 0 Å². The van der Waals surface area contributed by atoms with Crippen molar-refractivity contribution < 1.29 is 13.2 Å². The number of amides is 1. The lowest BCUT2D eigenvalue weighted by Crippen LogP contribution is -2.24.